The third-order valence-electron chi connectivity index (χ3n) is 3.35. The Bertz CT molecular complexity index is 410. The molecule has 1 aromatic heterocycles. The van der Waals surface area contributed by atoms with Gasteiger partial charge < -0.3 is 14.8 Å². The summed E-state index contributed by atoms with van der Waals surface area (Å²) >= 11 is 0. The third kappa shape index (κ3) is 2.88. The van der Waals surface area contributed by atoms with Gasteiger partial charge in [-0.15, -0.1) is 0 Å². The van der Waals surface area contributed by atoms with Gasteiger partial charge in [-0.1, -0.05) is 0 Å². The number of carbonyl (C=O) groups is 1. The largest absolute Gasteiger partial charge is 0.381 e. The number of aromatic amines is 1. The van der Waals surface area contributed by atoms with Crippen LogP contribution in [0.1, 0.15) is 29.0 Å². The van der Waals surface area contributed by atoms with E-state index in [0.717, 1.165) is 18.5 Å². The van der Waals surface area contributed by atoms with E-state index in [2.05, 4.69) is 15.5 Å². The second kappa shape index (κ2) is 5.49. The fourth-order valence-corrected chi connectivity index (χ4v) is 2.06. The maximum absolute atomic E-state index is 11.9. The van der Waals surface area contributed by atoms with E-state index in [-0.39, 0.29) is 11.5 Å². The Hall–Kier alpha value is -1.40. The Labute approximate surface area is 106 Å². The molecule has 2 N–H and O–H groups in total. The first-order valence-corrected chi connectivity index (χ1v) is 6.08. The summed E-state index contributed by atoms with van der Waals surface area (Å²) in [7, 11) is 1.68. The summed E-state index contributed by atoms with van der Waals surface area (Å²) in [5.41, 5.74) is 0.970. The second-order valence-corrected chi connectivity index (χ2v) is 4.62. The smallest absolute Gasteiger partial charge is 0.271 e. The lowest BCUT2D eigenvalue weighted by molar-refractivity contribution is -0.0864. The second-order valence-electron chi connectivity index (χ2n) is 4.62. The van der Waals surface area contributed by atoms with Crippen molar-refractivity contribution in [1.82, 2.24) is 15.5 Å². The highest BCUT2D eigenvalue weighted by molar-refractivity contribution is 5.92. The van der Waals surface area contributed by atoms with Crippen LogP contribution < -0.4 is 5.32 Å². The van der Waals surface area contributed by atoms with Gasteiger partial charge in [0.15, 0.2) is 0 Å². The molecule has 18 heavy (non-hydrogen) atoms. The van der Waals surface area contributed by atoms with E-state index in [4.69, 9.17) is 9.47 Å². The molecule has 0 bridgehead atoms. The molecule has 2 rings (SSSR count). The molecule has 1 saturated heterocycles. The number of aromatic nitrogens is 2. The van der Waals surface area contributed by atoms with Crippen LogP contribution in [0.5, 0.6) is 0 Å². The van der Waals surface area contributed by atoms with E-state index in [1.54, 1.807) is 13.2 Å². The lowest BCUT2D eigenvalue weighted by Crippen LogP contribution is -2.48. The summed E-state index contributed by atoms with van der Waals surface area (Å²) in [5, 5.41) is 9.55. The average Bonchev–Trinajstić information content (AvgIpc) is 2.84. The van der Waals surface area contributed by atoms with Crippen LogP contribution in [0, 0.1) is 6.92 Å². The number of hydrogen-bond donors (Lipinski definition) is 2. The highest BCUT2D eigenvalue weighted by atomic mass is 16.5. The normalized spacial score (nSPS) is 18.6. The molecule has 0 saturated carbocycles. The van der Waals surface area contributed by atoms with Crippen LogP contribution in [0.3, 0.4) is 0 Å². The van der Waals surface area contributed by atoms with Crippen LogP contribution in [-0.4, -0.2) is 48.6 Å². The van der Waals surface area contributed by atoms with E-state index >= 15 is 0 Å². The van der Waals surface area contributed by atoms with E-state index in [1.807, 2.05) is 6.92 Å². The predicted molar refractivity (Wildman–Crippen MR) is 65.5 cm³/mol. The standard InChI is InChI=1S/C12H19N3O3/c1-9-7-10(15-14-9)11(16)13-8-12(17-2)3-5-18-6-4-12/h7H,3-6,8H2,1-2H3,(H,13,16)(H,14,15). The van der Waals surface area contributed by atoms with E-state index < -0.39 is 0 Å². The van der Waals surface area contributed by atoms with Gasteiger partial charge in [0, 0.05) is 45.4 Å². The monoisotopic (exact) mass is 253 g/mol. The van der Waals surface area contributed by atoms with Crippen LogP contribution >= 0.6 is 0 Å². The molecule has 0 radical (unpaired) electrons. The van der Waals surface area contributed by atoms with Gasteiger partial charge in [-0.25, -0.2) is 0 Å². The molecule has 0 spiro atoms. The molecule has 0 unspecified atom stereocenters. The molecule has 1 amide bonds. The topological polar surface area (TPSA) is 76.2 Å². The maximum atomic E-state index is 11.9. The Morgan fingerprint density at radius 1 is 1.61 bits per heavy atom. The SMILES string of the molecule is COC1(CNC(=O)c2cc(C)[nH]n2)CCOCC1. The van der Waals surface area contributed by atoms with Gasteiger partial charge in [-0.3, -0.25) is 9.89 Å². The van der Waals surface area contributed by atoms with Crippen LogP contribution in [0.4, 0.5) is 0 Å². The summed E-state index contributed by atoms with van der Waals surface area (Å²) in [6.45, 7) is 3.69. The van der Waals surface area contributed by atoms with Gasteiger partial charge >= 0.3 is 0 Å². The van der Waals surface area contributed by atoms with Crippen molar-refractivity contribution >= 4 is 5.91 Å². The third-order valence-corrected chi connectivity index (χ3v) is 3.35. The highest BCUT2D eigenvalue weighted by Gasteiger charge is 2.33. The van der Waals surface area contributed by atoms with Gasteiger partial charge in [0.1, 0.15) is 5.69 Å². The summed E-state index contributed by atoms with van der Waals surface area (Å²) in [4.78, 5) is 11.9. The van der Waals surface area contributed by atoms with Crippen molar-refractivity contribution in [1.29, 1.82) is 0 Å². The van der Waals surface area contributed by atoms with Crippen molar-refractivity contribution in [3.63, 3.8) is 0 Å². The number of amides is 1. The fraction of sp³-hybridized carbons (Fsp3) is 0.667. The first kappa shape index (κ1) is 13.0. The zero-order chi connectivity index (χ0) is 13.0. The Balaban J connectivity index is 1.91. The number of ether oxygens (including phenoxy) is 2. The number of methoxy groups -OCH3 is 1. The van der Waals surface area contributed by atoms with E-state index in [9.17, 15) is 4.79 Å². The lowest BCUT2D eigenvalue weighted by atomic mass is 9.94. The van der Waals surface area contributed by atoms with Crippen LogP contribution in [0.2, 0.25) is 0 Å². The molecule has 1 aromatic rings. The molecule has 1 aliphatic rings. The molecule has 0 aromatic carbocycles. The van der Waals surface area contributed by atoms with Gasteiger partial charge in [-0.2, -0.15) is 5.10 Å². The Morgan fingerprint density at radius 2 is 2.33 bits per heavy atom. The molecule has 0 aliphatic carbocycles. The number of nitrogens with zero attached hydrogens (tertiary/aromatic N) is 1. The van der Waals surface area contributed by atoms with Crippen LogP contribution in [0.15, 0.2) is 6.07 Å². The number of aryl methyl sites for hydroxylation is 1. The fourth-order valence-electron chi connectivity index (χ4n) is 2.06. The molecule has 6 nitrogen and oxygen atoms in total. The minimum absolute atomic E-state index is 0.178. The Morgan fingerprint density at radius 3 is 2.89 bits per heavy atom. The predicted octanol–water partition coefficient (Wildman–Crippen LogP) is 0.644. The van der Waals surface area contributed by atoms with E-state index in [1.165, 1.54) is 0 Å². The van der Waals surface area contributed by atoms with Gasteiger partial charge in [0.05, 0.1) is 5.60 Å². The minimum Gasteiger partial charge on any atom is -0.381 e. The van der Waals surface area contributed by atoms with Crippen LogP contribution in [-0.2, 0) is 9.47 Å². The maximum Gasteiger partial charge on any atom is 0.271 e. The van der Waals surface area contributed by atoms with Gasteiger partial charge in [0.2, 0.25) is 0 Å². The summed E-state index contributed by atoms with van der Waals surface area (Å²) in [6.07, 6.45) is 1.59. The number of hydrogen-bond acceptors (Lipinski definition) is 4. The van der Waals surface area contributed by atoms with Crippen molar-refractivity contribution < 1.29 is 14.3 Å². The molecule has 6 heteroatoms. The Kier molecular flexibility index (Phi) is 3.98. The zero-order valence-corrected chi connectivity index (χ0v) is 10.8. The van der Waals surface area contributed by atoms with Crippen molar-refractivity contribution in [2.24, 2.45) is 0 Å². The van der Waals surface area contributed by atoms with Gasteiger partial charge in [0.25, 0.3) is 5.91 Å². The number of nitrogens with one attached hydrogen (secondary N) is 2. The molecule has 1 aliphatic heterocycles. The molecular weight excluding hydrogens is 234 g/mol. The molecule has 2 heterocycles. The summed E-state index contributed by atoms with van der Waals surface area (Å²) in [5.74, 6) is -0.178. The van der Waals surface area contributed by atoms with Crippen molar-refractivity contribution in [3.05, 3.63) is 17.5 Å². The number of rotatable bonds is 4. The van der Waals surface area contributed by atoms with E-state index in [0.29, 0.717) is 25.5 Å². The van der Waals surface area contributed by atoms with Crippen molar-refractivity contribution in [2.45, 2.75) is 25.4 Å². The molecule has 100 valence electrons. The highest BCUT2D eigenvalue weighted by Crippen LogP contribution is 2.23. The minimum atomic E-state index is -0.306. The number of carbonyl (C=O) groups excluding carboxylic acids is 1. The number of H-pyrrole nitrogens is 1. The molecular formula is C12H19N3O3. The lowest BCUT2D eigenvalue weighted by Gasteiger charge is -2.35. The summed E-state index contributed by atoms with van der Waals surface area (Å²) < 4.78 is 10.9. The first-order valence-electron chi connectivity index (χ1n) is 6.08. The average molecular weight is 253 g/mol. The summed E-state index contributed by atoms with van der Waals surface area (Å²) in [6, 6.07) is 1.72. The van der Waals surface area contributed by atoms with Crippen LogP contribution in [0.25, 0.3) is 0 Å². The zero-order valence-electron chi connectivity index (χ0n) is 10.8. The molecule has 0 atom stereocenters. The van der Waals surface area contributed by atoms with Crippen molar-refractivity contribution in [3.8, 4) is 0 Å². The van der Waals surface area contributed by atoms with Crippen molar-refractivity contribution in [2.75, 3.05) is 26.9 Å². The molecule has 1 fully saturated rings. The quantitative estimate of drug-likeness (QED) is 0.825. The van der Waals surface area contributed by atoms with Gasteiger partial charge in [-0.05, 0) is 13.0 Å². The first-order chi connectivity index (χ1) is 8.65.